The smallest absolute Gasteiger partial charge is 0.192 e. The van der Waals surface area contributed by atoms with Crippen molar-refractivity contribution in [2.24, 2.45) is 0 Å². The molecule has 0 spiro atoms. The highest BCUT2D eigenvalue weighted by Crippen LogP contribution is 2.37. The van der Waals surface area contributed by atoms with Gasteiger partial charge in [-0.05, 0) is 74.7 Å². The lowest BCUT2D eigenvalue weighted by molar-refractivity contribution is 0.172. The average Bonchev–Trinajstić information content (AvgIpc) is 2.76. The zero-order valence-electron chi connectivity index (χ0n) is 17.9. The van der Waals surface area contributed by atoms with Crippen LogP contribution in [-0.4, -0.2) is 33.5 Å². The number of nitrogens with one attached hydrogen (secondary N) is 1. The Morgan fingerprint density at radius 2 is 1.81 bits per heavy atom. The van der Waals surface area contributed by atoms with Gasteiger partial charge in [-0.3, -0.25) is 4.68 Å². The minimum absolute atomic E-state index is 0.0572. The molecule has 0 bridgehead atoms. The van der Waals surface area contributed by atoms with Crippen molar-refractivity contribution in [3.05, 3.63) is 16.4 Å². The van der Waals surface area contributed by atoms with E-state index in [9.17, 15) is 4.55 Å². The van der Waals surface area contributed by atoms with Crippen LogP contribution in [0, 0.1) is 0 Å². The fraction of sp³-hybridized carbons (Fsp3) is 0.833. The van der Waals surface area contributed by atoms with Crippen LogP contribution in [0.4, 0.5) is 0 Å². The largest absolute Gasteiger partial charge is 0.598 e. The van der Waals surface area contributed by atoms with E-state index < -0.39 is 19.7 Å². The maximum atomic E-state index is 12.4. The van der Waals surface area contributed by atoms with Crippen LogP contribution in [-0.2, 0) is 22.3 Å². The third kappa shape index (κ3) is 6.63. The quantitative estimate of drug-likeness (QED) is 0.445. The van der Waals surface area contributed by atoms with E-state index in [0.717, 1.165) is 10.3 Å². The van der Waals surface area contributed by atoms with E-state index in [1.54, 1.807) is 0 Å². The minimum Gasteiger partial charge on any atom is -0.598 e. The van der Waals surface area contributed by atoms with Gasteiger partial charge in [0.05, 0.1) is 24.4 Å². The Morgan fingerprint density at radius 3 is 2.27 bits per heavy atom. The maximum Gasteiger partial charge on any atom is 0.192 e. The van der Waals surface area contributed by atoms with Gasteiger partial charge in [-0.2, -0.15) is 5.10 Å². The number of hydrogen-bond acceptors (Lipinski definition) is 4. The summed E-state index contributed by atoms with van der Waals surface area (Å²) in [5.74, 6) is 0. The van der Waals surface area contributed by atoms with Gasteiger partial charge in [-0.1, -0.05) is 20.8 Å². The highest BCUT2D eigenvalue weighted by atomic mass is 79.9. The van der Waals surface area contributed by atoms with E-state index in [1.165, 1.54) is 0 Å². The molecule has 3 atom stereocenters. The van der Waals surface area contributed by atoms with Crippen LogP contribution in [0.2, 0.25) is 18.1 Å². The highest BCUT2D eigenvalue weighted by molar-refractivity contribution is 9.10. The topological polar surface area (TPSA) is 62.1 Å². The number of aromatic nitrogens is 2. The van der Waals surface area contributed by atoms with Crippen molar-refractivity contribution in [2.45, 2.75) is 97.0 Å². The van der Waals surface area contributed by atoms with Gasteiger partial charge in [-0.15, -0.1) is 4.72 Å². The first-order chi connectivity index (χ1) is 11.5. The molecule has 1 heterocycles. The van der Waals surface area contributed by atoms with Crippen molar-refractivity contribution in [3.63, 3.8) is 0 Å². The second kappa shape index (κ2) is 8.65. The SMILES string of the molecule is CC(Cn1nc(Br)cc1C(C)N[S+]([O-])C(C)(C)C)O[Si](C)(C)C(C)(C)C. The Morgan fingerprint density at radius 1 is 1.27 bits per heavy atom. The summed E-state index contributed by atoms with van der Waals surface area (Å²) in [4.78, 5) is 0. The molecular formula is C18H36BrN3O2SSi. The van der Waals surface area contributed by atoms with Gasteiger partial charge in [0.25, 0.3) is 0 Å². The molecule has 26 heavy (non-hydrogen) atoms. The summed E-state index contributed by atoms with van der Waals surface area (Å²) in [5.41, 5.74) is 1.00. The molecule has 3 unspecified atom stereocenters. The van der Waals surface area contributed by atoms with Gasteiger partial charge in [0.2, 0.25) is 0 Å². The Kier molecular flexibility index (Phi) is 8.05. The predicted molar refractivity (Wildman–Crippen MR) is 117 cm³/mol. The number of hydrogen-bond donors (Lipinski definition) is 1. The third-order valence-corrected chi connectivity index (χ3v) is 11.5. The van der Waals surface area contributed by atoms with Crippen LogP contribution < -0.4 is 4.72 Å². The molecule has 0 aliphatic heterocycles. The first-order valence-electron chi connectivity index (χ1n) is 9.13. The second-order valence-electron chi connectivity index (χ2n) is 9.48. The Balaban J connectivity index is 2.89. The maximum absolute atomic E-state index is 12.4. The zero-order valence-corrected chi connectivity index (χ0v) is 21.3. The molecule has 1 aromatic rings. The van der Waals surface area contributed by atoms with Gasteiger partial charge in [0, 0.05) is 11.4 Å². The van der Waals surface area contributed by atoms with E-state index in [-0.39, 0.29) is 21.9 Å². The summed E-state index contributed by atoms with van der Waals surface area (Å²) in [7, 11) is -1.83. The molecule has 0 radical (unpaired) electrons. The molecule has 1 N–H and O–H groups in total. The van der Waals surface area contributed by atoms with Crippen molar-refractivity contribution in [2.75, 3.05) is 0 Å². The first-order valence-corrected chi connectivity index (χ1v) is 14.0. The van der Waals surface area contributed by atoms with E-state index >= 15 is 0 Å². The molecular weight excluding hydrogens is 430 g/mol. The molecule has 1 rings (SSSR count). The summed E-state index contributed by atoms with van der Waals surface area (Å²) >= 11 is 2.33. The predicted octanol–water partition coefficient (Wildman–Crippen LogP) is 5.17. The van der Waals surface area contributed by atoms with E-state index in [4.69, 9.17) is 4.43 Å². The summed E-state index contributed by atoms with van der Waals surface area (Å²) in [6.07, 6.45) is 0.0572. The lowest BCUT2D eigenvalue weighted by atomic mass is 10.2. The molecule has 0 saturated carbocycles. The molecule has 0 fully saturated rings. The Hall–Kier alpha value is 0.137. The Bertz CT molecular complexity index is 596. The third-order valence-electron chi connectivity index (χ3n) is 4.80. The standard InChI is InChI=1S/C18H36BrN3O2SSi/c1-13(24-26(9,10)18(6,7)8)12-22-15(11-16(19)20-22)14(2)21-25(23)17(3,4)5/h11,13-14,21H,12H2,1-10H3. The fourth-order valence-corrected chi connectivity index (χ4v) is 4.91. The van der Waals surface area contributed by atoms with Crippen LogP contribution in [0.1, 0.15) is 67.1 Å². The molecule has 5 nitrogen and oxygen atoms in total. The van der Waals surface area contributed by atoms with Crippen LogP contribution in [0.25, 0.3) is 0 Å². The van der Waals surface area contributed by atoms with Crippen molar-refractivity contribution in [3.8, 4) is 0 Å². The lowest BCUT2D eigenvalue weighted by Gasteiger charge is -2.38. The summed E-state index contributed by atoms with van der Waals surface area (Å²) in [6, 6.07) is 1.91. The molecule has 152 valence electrons. The van der Waals surface area contributed by atoms with Crippen LogP contribution in [0.15, 0.2) is 10.7 Å². The van der Waals surface area contributed by atoms with Gasteiger partial charge >= 0.3 is 0 Å². The van der Waals surface area contributed by atoms with Crippen molar-refractivity contribution >= 4 is 35.6 Å². The fourth-order valence-electron chi connectivity index (χ4n) is 2.25. The Labute approximate surface area is 172 Å². The number of halogens is 1. The molecule has 0 aliphatic rings. The molecule has 0 aliphatic carbocycles. The number of nitrogens with zero attached hydrogens (tertiary/aromatic N) is 2. The molecule has 1 aromatic heterocycles. The van der Waals surface area contributed by atoms with E-state index in [0.29, 0.717) is 6.54 Å². The first kappa shape index (κ1) is 24.2. The van der Waals surface area contributed by atoms with Gasteiger partial charge < -0.3 is 8.98 Å². The lowest BCUT2D eigenvalue weighted by Crippen LogP contribution is -2.44. The normalized spacial score (nSPS) is 17.2. The highest BCUT2D eigenvalue weighted by Gasteiger charge is 2.38. The van der Waals surface area contributed by atoms with Crippen LogP contribution in [0.5, 0.6) is 0 Å². The molecule has 8 heteroatoms. The summed E-state index contributed by atoms with van der Waals surface area (Å²) in [5, 5.41) is 4.74. The van der Waals surface area contributed by atoms with Crippen LogP contribution in [0.3, 0.4) is 0 Å². The van der Waals surface area contributed by atoms with Crippen molar-refractivity contribution in [1.29, 1.82) is 0 Å². The van der Waals surface area contributed by atoms with E-state index in [1.807, 2.05) is 38.4 Å². The van der Waals surface area contributed by atoms with Crippen molar-refractivity contribution < 1.29 is 8.98 Å². The number of rotatable bonds is 7. The summed E-state index contributed by atoms with van der Waals surface area (Å²) in [6.45, 7) is 21.9. The molecule has 0 amide bonds. The monoisotopic (exact) mass is 465 g/mol. The van der Waals surface area contributed by atoms with Gasteiger partial charge in [0.1, 0.15) is 9.35 Å². The zero-order chi connectivity index (χ0) is 20.5. The summed E-state index contributed by atoms with van der Waals surface area (Å²) < 4.78 is 24.5. The van der Waals surface area contributed by atoms with Gasteiger partial charge in [-0.25, -0.2) is 0 Å². The second-order valence-corrected chi connectivity index (χ2v) is 17.1. The molecule has 0 aromatic carbocycles. The van der Waals surface area contributed by atoms with Crippen LogP contribution >= 0.6 is 15.9 Å². The molecule has 0 saturated heterocycles. The minimum atomic E-state index is -1.83. The average molecular weight is 467 g/mol. The van der Waals surface area contributed by atoms with Gasteiger partial charge in [0.15, 0.2) is 8.32 Å². The van der Waals surface area contributed by atoms with E-state index in [2.05, 4.69) is 66.5 Å². The van der Waals surface area contributed by atoms with Crippen molar-refractivity contribution in [1.82, 2.24) is 14.5 Å².